The molecule has 0 radical (unpaired) electrons. The normalized spacial score (nSPS) is 10.2. The summed E-state index contributed by atoms with van der Waals surface area (Å²) in [6.45, 7) is 3.54. The number of fused-ring (bicyclic) bond motifs is 1. The molecule has 0 saturated carbocycles. The van der Waals surface area contributed by atoms with Gasteiger partial charge in [-0.3, -0.25) is 0 Å². The fourth-order valence-corrected chi connectivity index (χ4v) is 1.88. The highest BCUT2D eigenvalue weighted by atomic mass is 16.4. The molecule has 0 aliphatic heterocycles. The number of benzene rings is 2. The fraction of sp³-hybridized carbons (Fsp3) is 0. The zero-order valence-electron chi connectivity index (χ0n) is 9.38. The van der Waals surface area contributed by atoms with Gasteiger partial charge in [0.15, 0.2) is 0 Å². The predicted octanol–water partition coefficient (Wildman–Crippen LogP) is 2.88. The van der Waals surface area contributed by atoms with Crippen LogP contribution in [0.4, 0.5) is 0 Å². The number of carboxylic acid groups (broad SMARTS) is 2. The number of rotatable bonds is 3. The largest absolute Gasteiger partial charge is 0.478 e. The standard InChI is InChI=1S/C14H10O4/c1-2-8-6-11-9(7-12(8)14(17)18)4-3-5-10(11)13(15)16/h2-7H,1H2,(H,15,16)(H,17,18). The Balaban J connectivity index is 2.87. The monoisotopic (exact) mass is 242 g/mol. The molecule has 18 heavy (non-hydrogen) atoms. The summed E-state index contributed by atoms with van der Waals surface area (Å²) in [4.78, 5) is 22.2. The second kappa shape index (κ2) is 4.33. The van der Waals surface area contributed by atoms with Crippen molar-refractivity contribution in [3.8, 4) is 0 Å². The molecule has 4 nitrogen and oxygen atoms in total. The Morgan fingerprint density at radius 1 is 1.06 bits per heavy atom. The number of aromatic carboxylic acids is 2. The summed E-state index contributed by atoms with van der Waals surface area (Å²) in [6.07, 6.45) is 1.40. The zero-order chi connectivity index (χ0) is 13.3. The van der Waals surface area contributed by atoms with E-state index in [4.69, 9.17) is 10.2 Å². The summed E-state index contributed by atoms with van der Waals surface area (Å²) in [6, 6.07) is 7.75. The molecule has 90 valence electrons. The number of carbonyl (C=O) groups is 2. The molecular formula is C14H10O4. The quantitative estimate of drug-likeness (QED) is 0.867. The van der Waals surface area contributed by atoms with Gasteiger partial charge in [0.2, 0.25) is 0 Å². The SMILES string of the molecule is C=Cc1cc2c(C(=O)O)cccc2cc1C(=O)O. The maximum atomic E-state index is 11.1. The van der Waals surface area contributed by atoms with Gasteiger partial charge in [0.1, 0.15) is 0 Å². The van der Waals surface area contributed by atoms with Crippen molar-refractivity contribution in [1.29, 1.82) is 0 Å². The first-order chi connectivity index (χ1) is 8.54. The Bertz CT molecular complexity index is 671. The molecule has 0 atom stereocenters. The molecule has 0 spiro atoms. The van der Waals surface area contributed by atoms with Gasteiger partial charge in [-0.05, 0) is 34.5 Å². The second-order valence-electron chi connectivity index (χ2n) is 3.78. The number of hydrogen-bond acceptors (Lipinski definition) is 2. The van der Waals surface area contributed by atoms with Gasteiger partial charge >= 0.3 is 11.9 Å². The van der Waals surface area contributed by atoms with E-state index in [2.05, 4.69) is 6.58 Å². The van der Waals surface area contributed by atoms with Gasteiger partial charge in [0.25, 0.3) is 0 Å². The Morgan fingerprint density at radius 2 is 1.72 bits per heavy atom. The third kappa shape index (κ3) is 1.84. The molecule has 0 bridgehead atoms. The van der Waals surface area contributed by atoms with Gasteiger partial charge in [-0.15, -0.1) is 0 Å². The van der Waals surface area contributed by atoms with Crippen LogP contribution in [0.15, 0.2) is 36.9 Å². The van der Waals surface area contributed by atoms with E-state index in [0.29, 0.717) is 16.3 Å². The van der Waals surface area contributed by atoms with Crippen molar-refractivity contribution in [3.05, 3.63) is 53.6 Å². The molecule has 0 fully saturated rings. The molecule has 2 N–H and O–H groups in total. The summed E-state index contributed by atoms with van der Waals surface area (Å²) >= 11 is 0. The van der Waals surface area contributed by atoms with Crippen molar-refractivity contribution >= 4 is 28.8 Å². The van der Waals surface area contributed by atoms with Gasteiger partial charge < -0.3 is 10.2 Å². The maximum Gasteiger partial charge on any atom is 0.336 e. The van der Waals surface area contributed by atoms with Crippen molar-refractivity contribution in [2.24, 2.45) is 0 Å². The van der Waals surface area contributed by atoms with Gasteiger partial charge in [-0.25, -0.2) is 9.59 Å². The summed E-state index contributed by atoms with van der Waals surface area (Å²) in [7, 11) is 0. The summed E-state index contributed by atoms with van der Waals surface area (Å²) in [5.41, 5.74) is 0.663. The Hall–Kier alpha value is -2.62. The molecule has 2 rings (SSSR count). The van der Waals surface area contributed by atoms with E-state index in [1.807, 2.05) is 0 Å². The van der Waals surface area contributed by atoms with Gasteiger partial charge in [0, 0.05) is 0 Å². The molecule has 0 unspecified atom stereocenters. The van der Waals surface area contributed by atoms with E-state index in [-0.39, 0.29) is 11.1 Å². The lowest BCUT2D eigenvalue weighted by molar-refractivity contribution is 0.0688. The van der Waals surface area contributed by atoms with Crippen LogP contribution < -0.4 is 0 Å². The van der Waals surface area contributed by atoms with Crippen LogP contribution in [-0.4, -0.2) is 22.2 Å². The lowest BCUT2D eigenvalue weighted by atomic mass is 9.97. The predicted molar refractivity (Wildman–Crippen MR) is 68.0 cm³/mol. The summed E-state index contributed by atoms with van der Waals surface area (Å²) in [5, 5.41) is 19.2. The molecule has 0 aliphatic rings. The highest BCUT2D eigenvalue weighted by Gasteiger charge is 2.13. The highest BCUT2D eigenvalue weighted by molar-refractivity contribution is 6.07. The molecule has 0 aliphatic carbocycles. The van der Waals surface area contributed by atoms with Crippen molar-refractivity contribution < 1.29 is 19.8 Å². The van der Waals surface area contributed by atoms with Crippen LogP contribution >= 0.6 is 0 Å². The smallest absolute Gasteiger partial charge is 0.336 e. The average molecular weight is 242 g/mol. The van der Waals surface area contributed by atoms with Crippen LogP contribution in [0, 0.1) is 0 Å². The van der Waals surface area contributed by atoms with Crippen LogP contribution in [0.2, 0.25) is 0 Å². The lowest BCUT2D eigenvalue weighted by Crippen LogP contribution is -2.02. The van der Waals surface area contributed by atoms with Crippen LogP contribution in [-0.2, 0) is 0 Å². The number of carboxylic acids is 2. The second-order valence-corrected chi connectivity index (χ2v) is 3.78. The number of hydrogen-bond donors (Lipinski definition) is 2. The van der Waals surface area contributed by atoms with Crippen molar-refractivity contribution in [2.45, 2.75) is 0 Å². The van der Waals surface area contributed by atoms with E-state index in [9.17, 15) is 9.59 Å². The van der Waals surface area contributed by atoms with Crippen LogP contribution in [0.3, 0.4) is 0 Å². The first-order valence-electron chi connectivity index (χ1n) is 5.20. The van der Waals surface area contributed by atoms with Crippen molar-refractivity contribution in [2.75, 3.05) is 0 Å². The minimum atomic E-state index is -1.06. The Labute approximate surface area is 103 Å². The third-order valence-electron chi connectivity index (χ3n) is 2.73. The van der Waals surface area contributed by atoms with Crippen LogP contribution in [0.5, 0.6) is 0 Å². The first-order valence-corrected chi connectivity index (χ1v) is 5.20. The average Bonchev–Trinajstić information content (AvgIpc) is 2.35. The van der Waals surface area contributed by atoms with E-state index in [0.717, 1.165) is 0 Å². The molecule has 0 aromatic heterocycles. The third-order valence-corrected chi connectivity index (χ3v) is 2.73. The van der Waals surface area contributed by atoms with Crippen LogP contribution in [0.1, 0.15) is 26.3 Å². The first kappa shape index (κ1) is 11.9. The van der Waals surface area contributed by atoms with E-state index >= 15 is 0 Å². The van der Waals surface area contributed by atoms with E-state index < -0.39 is 11.9 Å². The fourth-order valence-electron chi connectivity index (χ4n) is 1.88. The summed E-state index contributed by atoms with van der Waals surface area (Å²) < 4.78 is 0. The summed E-state index contributed by atoms with van der Waals surface area (Å²) in [5.74, 6) is -2.11. The molecular weight excluding hydrogens is 232 g/mol. The van der Waals surface area contributed by atoms with Gasteiger partial charge in [-0.1, -0.05) is 24.8 Å². The Kier molecular flexibility index (Phi) is 2.85. The highest BCUT2D eigenvalue weighted by Crippen LogP contribution is 2.24. The topological polar surface area (TPSA) is 74.6 Å². The molecule has 0 saturated heterocycles. The molecule has 4 heteroatoms. The molecule has 2 aromatic carbocycles. The lowest BCUT2D eigenvalue weighted by Gasteiger charge is -2.07. The minimum absolute atomic E-state index is 0.111. The van der Waals surface area contributed by atoms with Crippen LogP contribution in [0.25, 0.3) is 16.8 Å². The van der Waals surface area contributed by atoms with Gasteiger partial charge in [0.05, 0.1) is 11.1 Å². The van der Waals surface area contributed by atoms with Gasteiger partial charge in [-0.2, -0.15) is 0 Å². The maximum absolute atomic E-state index is 11.1. The molecule has 0 amide bonds. The molecule has 2 aromatic rings. The van der Waals surface area contributed by atoms with E-state index in [1.54, 1.807) is 12.1 Å². The van der Waals surface area contributed by atoms with E-state index in [1.165, 1.54) is 24.3 Å². The van der Waals surface area contributed by atoms with Crippen molar-refractivity contribution in [1.82, 2.24) is 0 Å². The molecule has 0 heterocycles. The Morgan fingerprint density at radius 3 is 2.28 bits per heavy atom. The van der Waals surface area contributed by atoms with Crippen molar-refractivity contribution in [3.63, 3.8) is 0 Å². The zero-order valence-corrected chi connectivity index (χ0v) is 9.38. The minimum Gasteiger partial charge on any atom is -0.478 e.